The molecule has 0 radical (unpaired) electrons. The molecule has 12 heteroatoms. The van der Waals surface area contributed by atoms with Gasteiger partial charge in [-0.15, -0.1) is 0 Å². The molecule has 0 aliphatic carbocycles. The first-order chi connectivity index (χ1) is 13.7. The zero-order valence-corrected chi connectivity index (χ0v) is 16.9. The predicted octanol–water partition coefficient (Wildman–Crippen LogP) is 7.56. The Labute approximate surface area is 171 Å². The topological polar surface area (TPSA) is 9.23 Å². The standard InChI is InChI=1S/C19H21F11O/c1-5-11(2)12-6-8-13(9-7-12)14(3,31-4)10-15(20,21)16(22,23)17(24,25)18(26,27)19(28,29)30/h6-9,11H,5,10H2,1-4H3. The Hall–Kier alpha value is -1.59. The highest BCUT2D eigenvalue weighted by atomic mass is 19.4. The van der Waals surface area contributed by atoms with E-state index in [-0.39, 0.29) is 11.5 Å². The Balaban J connectivity index is 3.38. The summed E-state index contributed by atoms with van der Waals surface area (Å²) in [5.74, 6) is -27.9. The highest BCUT2D eigenvalue weighted by molar-refractivity contribution is 5.29. The average molecular weight is 474 g/mol. The summed E-state index contributed by atoms with van der Waals surface area (Å²) in [6.45, 7) is 4.49. The summed E-state index contributed by atoms with van der Waals surface area (Å²) in [5.41, 5.74) is -1.87. The Bertz CT molecular complexity index is 740. The van der Waals surface area contributed by atoms with Crippen LogP contribution in [0.15, 0.2) is 24.3 Å². The van der Waals surface area contributed by atoms with Gasteiger partial charge in [0.05, 0.1) is 12.0 Å². The van der Waals surface area contributed by atoms with E-state index in [2.05, 4.69) is 0 Å². The second kappa shape index (κ2) is 8.40. The molecule has 31 heavy (non-hydrogen) atoms. The zero-order chi connectivity index (χ0) is 24.7. The quantitative estimate of drug-likeness (QED) is 0.336. The summed E-state index contributed by atoms with van der Waals surface area (Å²) < 4.78 is 151. The molecule has 0 bridgehead atoms. The average Bonchev–Trinajstić information content (AvgIpc) is 2.65. The zero-order valence-electron chi connectivity index (χ0n) is 16.9. The molecule has 1 rings (SSSR count). The predicted molar refractivity (Wildman–Crippen MR) is 90.0 cm³/mol. The molecule has 0 aromatic heterocycles. The Morgan fingerprint density at radius 2 is 1.23 bits per heavy atom. The normalized spacial score (nSPS) is 17.4. The summed E-state index contributed by atoms with van der Waals surface area (Å²) in [7, 11) is 0.777. The Kier molecular flexibility index (Phi) is 7.44. The van der Waals surface area contributed by atoms with Gasteiger partial charge in [0.2, 0.25) is 0 Å². The fraction of sp³-hybridized carbons (Fsp3) is 0.684. The third kappa shape index (κ3) is 4.63. The van der Waals surface area contributed by atoms with Gasteiger partial charge in [0, 0.05) is 7.11 Å². The molecule has 0 N–H and O–H groups in total. The van der Waals surface area contributed by atoms with Crippen LogP contribution in [0.4, 0.5) is 48.3 Å². The van der Waals surface area contributed by atoms with Crippen LogP contribution in [0.5, 0.6) is 0 Å². The molecule has 180 valence electrons. The largest absolute Gasteiger partial charge is 0.460 e. The molecule has 2 unspecified atom stereocenters. The number of hydrogen-bond donors (Lipinski definition) is 0. The monoisotopic (exact) mass is 474 g/mol. The SMILES string of the molecule is CCC(C)c1ccc(C(C)(CC(F)(F)C(F)(F)C(F)(F)C(F)(F)C(F)(F)F)OC)cc1. The fourth-order valence-corrected chi connectivity index (χ4v) is 2.83. The van der Waals surface area contributed by atoms with Crippen LogP contribution in [0.2, 0.25) is 0 Å². The van der Waals surface area contributed by atoms with Crippen molar-refractivity contribution < 1.29 is 53.0 Å². The molecule has 1 aromatic carbocycles. The summed E-state index contributed by atoms with van der Waals surface area (Å²) in [5, 5.41) is 0. The number of hydrogen-bond acceptors (Lipinski definition) is 1. The van der Waals surface area contributed by atoms with Crippen molar-refractivity contribution in [1.29, 1.82) is 0 Å². The lowest BCUT2D eigenvalue weighted by atomic mass is 9.84. The molecule has 0 aliphatic heterocycles. The minimum atomic E-state index is -7.43. The summed E-state index contributed by atoms with van der Waals surface area (Å²) in [4.78, 5) is 0. The maximum absolute atomic E-state index is 14.2. The fourth-order valence-electron chi connectivity index (χ4n) is 2.83. The number of ether oxygens (including phenoxy) is 1. The minimum absolute atomic E-state index is 0.0388. The van der Waals surface area contributed by atoms with Crippen LogP contribution in [0.25, 0.3) is 0 Å². The third-order valence-corrected chi connectivity index (χ3v) is 5.32. The van der Waals surface area contributed by atoms with Gasteiger partial charge in [-0.3, -0.25) is 0 Å². The van der Waals surface area contributed by atoms with Gasteiger partial charge in [0.15, 0.2) is 0 Å². The van der Waals surface area contributed by atoms with E-state index in [0.29, 0.717) is 6.42 Å². The molecule has 1 nitrogen and oxygen atoms in total. The lowest BCUT2D eigenvalue weighted by Crippen LogP contribution is -2.67. The first-order valence-corrected chi connectivity index (χ1v) is 8.95. The first kappa shape index (κ1) is 27.4. The number of alkyl halides is 11. The van der Waals surface area contributed by atoms with Crippen molar-refractivity contribution in [2.24, 2.45) is 0 Å². The van der Waals surface area contributed by atoms with Crippen LogP contribution in [0.3, 0.4) is 0 Å². The van der Waals surface area contributed by atoms with Crippen LogP contribution >= 0.6 is 0 Å². The molecule has 0 aliphatic rings. The maximum atomic E-state index is 14.2. The maximum Gasteiger partial charge on any atom is 0.460 e. The Morgan fingerprint density at radius 3 is 1.58 bits per heavy atom. The van der Waals surface area contributed by atoms with Crippen LogP contribution in [-0.2, 0) is 10.3 Å². The van der Waals surface area contributed by atoms with Crippen LogP contribution in [0, 0.1) is 0 Å². The second-order valence-corrected chi connectivity index (χ2v) is 7.47. The number of halogens is 11. The molecular weight excluding hydrogens is 453 g/mol. The van der Waals surface area contributed by atoms with E-state index in [0.717, 1.165) is 19.6 Å². The van der Waals surface area contributed by atoms with E-state index in [1.807, 2.05) is 13.8 Å². The molecule has 0 saturated carbocycles. The highest BCUT2D eigenvalue weighted by Crippen LogP contribution is 2.59. The van der Waals surface area contributed by atoms with Crippen molar-refractivity contribution in [1.82, 2.24) is 0 Å². The third-order valence-electron chi connectivity index (χ3n) is 5.32. The van der Waals surface area contributed by atoms with E-state index >= 15 is 0 Å². The first-order valence-electron chi connectivity index (χ1n) is 8.95. The van der Waals surface area contributed by atoms with Crippen molar-refractivity contribution >= 4 is 0 Å². The molecule has 2 atom stereocenters. The number of methoxy groups -OCH3 is 1. The molecule has 0 amide bonds. The van der Waals surface area contributed by atoms with Crippen LogP contribution < -0.4 is 0 Å². The van der Waals surface area contributed by atoms with Gasteiger partial charge in [-0.2, -0.15) is 48.3 Å². The van der Waals surface area contributed by atoms with E-state index in [4.69, 9.17) is 4.74 Å². The Morgan fingerprint density at radius 1 is 0.774 bits per heavy atom. The van der Waals surface area contributed by atoms with Gasteiger partial charge in [-0.25, -0.2) is 0 Å². The van der Waals surface area contributed by atoms with Gasteiger partial charge in [0.1, 0.15) is 0 Å². The van der Waals surface area contributed by atoms with Crippen LogP contribution in [-0.4, -0.2) is 37.0 Å². The second-order valence-electron chi connectivity index (χ2n) is 7.47. The van der Waals surface area contributed by atoms with E-state index in [1.54, 1.807) is 0 Å². The molecular formula is C19H21F11O. The van der Waals surface area contributed by atoms with Crippen molar-refractivity contribution in [2.75, 3.05) is 7.11 Å². The van der Waals surface area contributed by atoms with Gasteiger partial charge < -0.3 is 4.74 Å². The smallest absolute Gasteiger partial charge is 0.374 e. The summed E-state index contributed by atoms with van der Waals surface area (Å²) >= 11 is 0. The van der Waals surface area contributed by atoms with Crippen molar-refractivity contribution in [3.63, 3.8) is 0 Å². The summed E-state index contributed by atoms with van der Waals surface area (Å²) in [6.07, 6.45) is -8.78. The van der Waals surface area contributed by atoms with Gasteiger partial charge in [-0.1, -0.05) is 38.1 Å². The van der Waals surface area contributed by atoms with E-state index in [9.17, 15) is 48.3 Å². The van der Waals surface area contributed by atoms with Gasteiger partial charge >= 0.3 is 29.9 Å². The van der Waals surface area contributed by atoms with Gasteiger partial charge in [0.25, 0.3) is 0 Å². The molecule has 0 saturated heterocycles. The van der Waals surface area contributed by atoms with E-state index in [1.165, 1.54) is 24.3 Å². The van der Waals surface area contributed by atoms with Crippen molar-refractivity contribution in [3.05, 3.63) is 35.4 Å². The van der Waals surface area contributed by atoms with E-state index < -0.39 is 41.9 Å². The van der Waals surface area contributed by atoms with Gasteiger partial charge in [-0.05, 0) is 30.4 Å². The highest BCUT2D eigenvalue weighted by Gasteiger charge is 2.87. The van der Waals surface area contributed by atoms with Crippen molar-refractivity contribution in [2.45, 2.75) is 75.0 Å². The molecule has 0 spiro atoms. The molecule has 1 aromatic rings. The van der Waals surface area contributed by atoms with Crippen LogP contribution in [0.1, 0.15) is 50.7 Å². The summed E-state index contributed by atoms with van der Waals surface area (Å²) in [6, 6.07) is 5.29. The lowest BCUT2D eigenvalue weighted by Gasteiger charge is -2.40. The lowest BCUT2D eigenvalue weighted by molar-refractivity contribution is -0.424. The minimum Gasteiger partial charge on any atom is -0.374 e. The number of benzene rings is 1. The number of rotatable bonds is 9. The van der Waals surface area contributed by atoms with Crippen molar-refractivity contribution in [3.8, 4) is 0 Å². The molecule has 0 heterocycles. The molecule has 0 fully saturated rings.